The molecule has 0 amide bonds. The molecule has 14 heavy (non-hydrogen) atoms. The highest BCUT2D eigenvalue weighted by atomic mass is 32.2. The van der Waals surface area contributed by atoms with E-state index in [-0.39, 0.29) is 0 Å². The summed E-state index contributed by atoms with van der Waals surface area (Å²) in [4.78, 5) is 0. The highest BCUT2D eigenvalue weighted by Crippen LogP contribution is 2.16. The molecule has 0 bridgehead atoms. The Morgan fingerprint density at radius 2 is 2.36 bits per heavy atom. The van der Waals surface area contributed by atoms with Crippen LogP contribution >= 0.6 is 11.8 Å². The van der Waals surface area contributed by atoms with Crippen LogP contribution in [0.5, 0.6) is 0 Å². The van der Waals surface area contributed by atoms with E-state index in [2.05, 4.69) is 19.2 Å². The molecule has 0 aliphatic carbocycles. The van der Waals surface area contributed by atoms with E-state index < -0.39 is 0 Å². The standard InChI is InChI=1S/C11H23NOS/c1-10(2)8-12-5-7-14-9-11-4-3-6-13-11/h10-12H,3-9H2,1-2H3. The number of thioether (sulfide) groups is 1. The molecule has 1 saturated heterocycles. The Morgan fingerprint density at radius 3 is 3.00 bits per heavy atom. The van der Waals surface area contributed by atoms with Crippen LogP contribution in [0.25, 0.3) is 0 Å². The molecule has 1 aliphatic heterocycles. The Hall–Kier alpha value is 0.270. The fourth-order valence-electron chi connectivity index (χ4n) is 1.53. The third-order valence-corrected chi connectivity index (χ3v) is 3.40. The molecule has 84 valence electrons. The van der Waals surface area contributed by atoms with Crippen LogP contribution in [0, 0.1) is 5.92 Å². The summed E-state index contributed by atoms with van der Waals surface area (Å²) in [5, 5.41) is 3.45. The van der Waals surface area contributed by atoms with Gasteiger partial charge in [0.25, 0.3) is 0 Å². The zero-order valence-electron chi connectivity index (χ0n) is 9.42. The summed E-state index contributed by atoms with van der Waals surface area (Å²) >= 11 is 2.01. The Labute approximate surface area is 92.2 Å². The minimum absolute atomic E-state index is 0.546. The molecule has 1 N–H and O–H groups in total. The SMILES string of the molecule is CC(C)CNCCSCC1CCCO1. The Bertz CT molecular complexity index is 135. The van der Waals surface area contributed by atoms with E-state index in [1.165, 1.54) is 24.3 Å². The van der Waals surface area contributed by atoms with Gasteiger partial charge in [-0.1, -0.05) is 13.8 Å². The molecule has 0 aromatic carbocycles. The minimum Gasteiger partial charge on any atom is -0.377 e. The summed E-state index contributed by atoms with van der Waals surface area (Å²) in [6, 6.07) is 0. The molecule has 0 spiro atoms. The summed E-state index contributed by atoms with van der Waals surface area (Å²) < 4.78 is 5.56. The molecule has 2 nitrogen and oxygen atoms in total. The molecule has 1 atom stereocenters. The summed E-state index contributed by atoms with van der Waals surface area (Å²) in [5.41, 5.74) is 0. The fraction of sp³-hybridized carbons (Fsp3) is 1.00. The first-order valence-electron chi connectivity index (χ1n) is 5.69. The van der Waals surface area contributed by atoms with Crippen molar-refractivity contribution < 1.29 is 4.74 Å². The van der Waals surface area contributed by atoms with Crippen LogP contribution in [0.2, 0.25) is 0 Å². The second-order valence-electron chi connectivity index (χ2n) is 4.31. The van der Waals surface area contributed by atoms with Gasteiger partial charge in [0.05, 0.1) is 6.10 Å². The van der Waals surface area contributed by atoms with E-state index in [9.17, 15) is 0 Å². The lowest BCUT2D eigenvalue weighted by Gasteiger charge is -2.09. The van der Waals surface area contributed by atoms with E-state index in [1.54, 1.807) is 0 Å². The molecule has 0 aromatic heterocycles. The maximum absolute atomic E-state index is 5.56. The van der Waals surface area contributed by atoms with E-state index in [0.717, 1.165) is 25.6 Å². The van der Waals surface area contributed by atoms with Crippen LogP contribution in [-0.2, 0) is 4.74 Å². The summed E-state index contributed by atoms with van der Waals surface area (Å²) in [6.07, 6.45) is 3.08. The average molecular weight is 217 g/mol. The van der Waals surface area contributed by atoms with Gasteiger partial charge >= 0.3 is 0 Å². The molecule has 1 aliphatic rings. The first-order chi connectivity index (χ1) is 6.79. The number of nitrogens with one attached hydrogen (secondary N) is 1. The van der Waals surface area contributed by atoms with Crippen molar-refractivity contribution in [3.05, 3.63) is 0 Å². The highest BCUT2D eigenvalue weighted by molar-refractivity contribution is 7.99. The van der Waals surface area contributed by atoms with E-state index >= 15 is 0 Å². The summed E-state index contributed by atoms with van der Waals surface area (Å²) in [6.45, 7) is 7.74. The average Bonchev–Trinajstić information content (AvgIpc) is 2.63. The summed E-state index contributed by atoms with van der Waals surface area (Å²) in [7, 11) is 0. The van der Waals surface area contributed by atoms with Crippen LogP contribution in [0.4, 0.5) is 0 Å². The van der Waals surface area contributed by atoms with Gasteiger partial charge in [0, 0.05) is 24.7 Å². The van der Waals surface area contributed by atoms with Crippen molar-refractivity contribution in [2.75, 3.05) is 31.2 Å². The molecule has 0 aromatic rings. The molecule has 1 unspecified atom stereocenters. The first-order valence-corrected chi connectivity index (χ1v) is 6.84. The van der Waals surface area contributed by atoms with Crippen molar-refractivity contribution in [2.45, 2.75) is 32.8 Å². The second-order valence-corrected chi connectivity index (χ2v) is 5.46. The molecule has 3 heteroatoms. The Kier molecular flexibility index (Phi) is 6.65. The normalized spacial score (nSPS) is 22.1. The van der Waals surface area contributed by atoms with Crippen LogP contribution in [0.1, 0.15) is 26.7 Å². The zero-order valence-corrected chi connectivity index (χ0v) is 10.2. The van der Waals surface area contributed by atoms with Gasteiger partial charge in [-0.15, -0.1) is 0 Å². The van der Waals surface area contributed by atoms with E-state index in [1.807, 2.05) is 11.8 Å². The predicted molar refractivity (Wildman–Crippen MR) is 64.0 cm³/mol. The van der Waals surface area contributed by atoms with Crippen LogP contribution in [-0.4, -0.2) is 37.3 Å². The van der Waals surface area contributed by atoms with Gasteiger partial charge < -0.3 is 10.1 Å². The van der Waals surface area contributed by atoms with Crippen molar-refractivity contribution in [3.63, 3.8) is 0 Å². The van der Waals surface area contributed by atoms with Crippen molar-refractivity contribution in [1.29, 1.82) is 0 Å². The second kappa shape index (κ2) is 7.55. The molecule has 1 fully saturated rings. The lowest BCUT2D eigenvalue weighted by atomic mass is 10.2. The topological polar surface area (TPSA) is 21.3 Å². The van der Waals surface area contributed by atoms with Crippen LogP contribution in [0.15, 0.2) is 0 Å². The largest absolute Gasteiger partial charge is 0.377 e. The molecule has 1 rings (SSSR count). The third-order valence-electron chi connectivity index (χ3n) is 2.30. The van der Waals surface area contributed by atoms with E-state index in [4.69, 9.17) is 4.74 Å². The van der Waals surface area contributed by atoms with Gasteiger partial charge in [-0.05, 0) is 25.3 Å². The van der Waals surface area contributed by atoms with Crippen molar-refractivity contribution >= 4 is 11.8 Å². The van der Waals surface area contributed by atoms with Gasteiger partial charge in [0.1, 0.15) is 0 Å². The quantitative estimate of drug-likeness (QED) is 0.660. The monoisotopic (exact) mass is 217 g/mol. The van der Waals surface area contributed by atoms with Gasteiger partial charge in [-0.3, -0.25) is 0 Å². The predicted octanol–water partition coefficient (Wildman–Crippen LogP) is 2.14. The van der Waals surface area contributed by atoms with Gasteiger partial charge in [0.15, 0.2) is 0 Å². The summed E-state index contributed by atoms with van der Waals surface area (Å²) in [5.74, 6) is 3.16. The molecular weight excluding hydrogens is 194 g/mol. The van der Waals surface area contributed by atoms with Crippen LogP contribution < -0.4 is 5.32 Å². The van der Waals surface area contributed by atoms with Gasteiger partial charge in [0.2, 0.25) is 0 Å². The Balaban J connectivity index is 1.79. The minimum atomic E-state index is 0.546. The van der Waals surface area contributed by atoms with Crippen molar-refractivity contribution in [1.82, 2.24) is 5.32 Å². The third kappa shape index (κ3) is 5.89. The highest BCUT2D eigenvalue weighted by Gasteiger charge is 2.14. The van der Waals surface area contributed by atoms with Crippen molar-refractivity contribution in [2.24, 2.45) is 5.92 Å². The first kappa shape index (κ1) is 12.3. The maximum Gasteiger partial charge on any atom is 0.0666 e. The molecule has 0 radical (unpaired) electrons. The van der Waals surface area contributed by atoms with Crippen LogP contribution in [0.3, 0.4) is 0 Å². The number of hydrogen-bond donors (Lipinski definition) is 1. The molecular formula is C11H23NOS. The zero-order chi connectivity index (χ0) is 10.2. The lowest BCUT2D eigenvalue weighted by molar-refractivity contribution is 0.129. The molecule has 0 saturated carbocycles. The van der Waals surface area contributed by atoms with E-state index in [0.29, 0.717) is 6.10 Å². The number of ether oxygens (including phenoxy) is 1. The van der Waals surface area contributed by atoms with Gasteiger partial charge in [-0.2, -0.15) is 11.8 Å². The number of hydrogen-bond acceptors (Lipinski definition) is 3. The maximum atomic E-state index is 5.56. The van der Waals surface area contributed by atoms with Gasteiger partial charge in [-0.25, -0.2) is 0 Å². The number of rotatable bonds is 7. The lowest BCUT2D eigenvalue weighted by Crippen LogP contribution is -2.22. The van der Waals surface area contributed by atoms with Crippen molar-refractivity contribution in [3.8, 4) is 0 Å². The Morgan fingerprint density at radius 1 is 1.50 bits per heavy atom. The smallest absolute Gasteiger partial charge is 0.0666 e. The fourth-order valence-corrected chi connectivity index (χ4v) is 2.51. The molecule has 1 heterocycles.